The van der Waals surface area contributed by atoms with Gasteiger partial charge in [-0.05, 0) is 64.2 Å². The Morgan fingerprint density at radius 1 is 1.17 bits per heavy atom. The molecule has 0 unspecified atom stereocenters. The highest BCUT2D eigenvalue weighted by molar-refractivity contribution is 6.03. The molecule has 1 spiro atoms. The number of hydrogen-bond acceptors (Lipinski definition) is 6. The molecule has 0 saturated carbocycles. The quantitative estimate of drug-likeness (QED) is 0.592. The summed E-state index contributed by atoms with van der Waals surface area (Å²) in [6, 6.07) is 12.0. The van der Waals surface area contributed by atoms with Crippen LogP contribution in [0.1, 0.15) is 47.6 Å². The first-order chi connectivity index (χ1) is 17.2. The fourth-order valence-electron chi connectivity index (χ4n) is 5.30. The summed E-state index contributed by atoms with van der Waals surface area (Å²) in [5, 5.41) is 12.6. The summed E-state index contributed by atoms with van der Waals surface area (Å²) in [6.45, 7) is 5.00. The number of nitrogens with zero attached hydrogens (tertiary/aromatic N) is 5. The molecule has 2 atom stereocenters. The number of nitrogens with one attached hydrogen (secondary N) is 1. The number of halogens is 2. The number of amides is 1. The van der Waals surface area contributed by atoms with Gasteiger partial charge in [0.25, 0.3) is 0 Å². The summed E-state index contributed by atoms with van der Waals surface area (Å²) >= 11 is 0. The summed E-state index contributed by atoms with van der Waals surface area (Å²) < 4.78 is 28.6. The minimum absolute atomic E-state index is 0.0249. The number of likely N-dealkylation sites (tertiary alicyclic amines) is 1. The SMILES string of the molecule is Cc1nc(N[C@H](C)c2cccc(C#N)c2F)c2c(n1)[C@@]1(CCN(C)C1)C(=O)N(c1ccc(F)cc1)C2. The molecule has 0 aliphatic carbocycles. The van der Waals surface area contributed by atoms with Crippen molar-refractivity contribution in [3.05, 3.63) is 82.3 Å². The van der Waals surface area contributed by atoms with Crippen LogP contribution in [0.5, 0.6) is 0 Å². The Morgan fingerprint density at radius 3 is 2.58 bits per heavy atom. The minimum atomic E-state index is -0.865. The van der Waals surface area contributed by atoms with Gasteiger partial charge in [0.1, 0.15) is 34.8 Å². The summed E-state index contributed by atoms with van der Waals surface area (Å²) in [5.74, 6) is -0.00452. The van der Waals surface area contributed by atoms with Crippen molar-refractivity contribution < 1.29 is 13.6 Å². The highest BCUT2D eigenvalue weighted by atomic mass is 19.1. The van der Waals surface area contributed by atoms with Crippen LogP contribution in [0.15, 0.2) is 42.5 Å². The van der Waals surface area contributed by atoms with Crippen molar-refractivity contribution in [1.29, 1.82) is 5.26 Å². The zero-order valence-electron chi connectivity index (χ0n) is 20.3. The van der Waals surface area contributed by atoms with Gasteiger partial charge >= 0.3 is 0 Å². The van der Waals surface area contributed by atoms with Gasteiger partial charge in [-0.15, -0.1) is 0 Å². The Balaban J connectivity index is 1.62. The highest BCUT2D eigenvalue weighted by Crippen LogP contribution is 2.44. The molecule has 2 aliphatic heterocycles. The highest BCUT2D eigenvalue weighted by Gasteiger charge is 2.53. The number of aromatic nitrogens is 2. The average Bonchev–Trinajstić information content (AvgIpc) is 3.25. The third-order valence-corrected chi connectivity index (χ3v) is 7.11. The van der Waals surface area contributed by atoms with Gasteiger partial charge in [0.15, 0.2) is 0 Å². The number of likely N-dealkylation sites (N-methyl/N-ethyl adjacent to an activating group) is 1. The number of carbonyl (C=O) groups excluding carboxylic acids is 1. The normalized spacial score (nSPS) is 20.3. The standard InChI is InChI=1S/C27H26F2N6O/c1-16(21-6-4-5-18(13-30)23(21)29)31-25-22-14-35(20-9-7-19(28)8-10-20)26(36)27(11-12-34(3)15-27)24(22)32-17(2)33-25/h4-10,16H,11-12,14-15H2,1-3H3,(H,31,32,33)/t16-,27+/m1/s1. The van der Waals surface area contributed by atoms with Gasteiger partial charge < -0.3 is 15.1 Å². The molecule has 1 amide bonds. The van der Waals surface area contributed by atoms with Crippen LogP contribution in [-0.2, 0) is 16.8 Å². The van der Waals surface area contributed by atoms with Gasteiger partial charge in [-0.25, -0.2) is 18.7 Å². The maximum atomic E-state index is 14.9. The van der Waals surface area contributed by atoms with Gasteiger partial charge in [0.2, 0.25) is 5.91 Å². The molecule has 0 radical (unpaired) electrons. The van der Waals surface area contributed by atoms with Crippen LogP contribution >= 0.6 is 0 Å². The first-order valence-electron chi connectivity index (χ1n) is 11.8. The van der Waals surface area contributed by atoms with E-state index in [1.54, 1.807) is 43.0 Å². The predicted molar refractivity (Wildman–Crippen MR) is 131 cm³/mol. The van der Waals surface area contributed by atoms with Crippen molar-refractivity contribution >= 4 is 17.4 Å². The molecule has 0 bridgehead atoms. The zero-order valence-corrected chi connectivity index (χ0v) is 20.3. The number of rotatable bonds is 4. The van der Waals surface area contributed by atoms with Crippen LogP contribution in [-0.4, -0.2) is 40.9 Å². The van der Waals surface area contributed by atoms with E-state index in [1.165, 1.54) is 18.2 Å². The molecule has 5 rings (SSSR count). The van der Waals surface area contributed by atoms with E-state index in [0.29, 0.717) is 41.6 Å². The Hall–Kier alpha value is -3.90. The third kappa shape index (κ3) is 3.88. The maximum absolute atomic E-state index is 14.9. The van der Waals surface area contributed by atoms with Crippen LogP contribution in [0.2, 0.25) is 0 Å². The molecule has 3 aromatic rings. The minimum Gasteiger partial charge on any atom is -0.363 e. The summed E-state index contributed by atoms with van der Waals surface area (Å²) in [5.41, 5.74) is 1.48. The van der Waals surface area contributed by atoms with E-state index in [1.807, 2.05) is 13.1 Å². The number of nitriles is 1. The Morgan fingerprint density at radius 2 is 1.92 bits per heavy atom. The number of carbonyl (C=O) groups is 1. The molecule has 1 saturated heterocycles. The summed E-state index contributed by atoms with van der Waals surface area (Å²) in [6.07, 6.45) is 0.595. The lowest BCUT2D eigenvalue weighted by atomic mass is 9.76. The average molecular weight is 489 g/mol. The predicted octanol–water partition coefficient (Wildman–Crippen LogP) is 4.23. The molecule has 184 valence electrons. The van der Waals surface area contributed by atoms with Crippen LogP contribution < -0.4 is 10.2 Å². The van der Waals surface area contributed by atoms with Crippen molar-refractivity contribution in [1.82, 2.24) is 14.9 Å². The summed E-state index contributed by atoms with van der Waals surface area (Å²) in [4.78, 5) is 27.1. The molecule has 1 N–H and O–H groups in total. The first-order valence-corrected chi connectivity index (χ1v) is 11.8. The van der Waals surface area contributed by atoms with E-state index in [0.717, 1.165) is 12.1 Å². The number of fused-ring (bicyclic) bond motifs is 2. The van der Waals surface area contributed by atoms with Gasteiger partial charge in [-0.1, -0.05) is 12.1 Å². The monoisotopic (exact) mass is 488 g/mol. The smallest absolute Gasteiger partial charge is 0.240 e. The number of anilines is 2. The largest absolute Gasteiger partial charge is 0.363 e. The number of hydrogen-bond donors (Lipinski definition) is 1. The van der Waals surface area contributed by atoms with Crippen molar-refractivity contribution in [2.45, 2.75) is 38.3 Å². The molecular weight excluding hydrogens is 462 g/mol. The van der Waals surface area contributed by atoms with Crippen LogP contribution in [0.25, 0.3) is 0 Å². The first kappa shape index (κ1) is 23.8. The van der Waals surface area contributed by atoms with E-state index in [2.05, 4.69) is 15.2 Å². The topological polar surface area (TPSA) is 85.1 Å². The lowest BCUT2D eigenvalue weighted by Gasteiger charge is -2.40. The fraction of sp³-hybridized carbons (Fsp3) is 0.333. The van der Waals surface area contributed by atoms with Gasteiger partial charge in [0, 0.05) is 23.4 Å². The lowest BCUT2D eigenvalue weighted by Crippen LogP contribution is -2.53. The van der Waals surface area contributed by atoms with Crippen molar-refractivity contribution in [2.24, 2.45) is 0 Å². The van der Waals surface area contributed by atoms with Crippen LogP contribution in [0.3, 0.4) is 0 Å². The van der Waals surface area contributed by atoms with Crippen molar-refractivity contribution in [3.8, 4) is 6.07 Å². The molecule has 9 heteroatoms. The molecule has 1 fully saturated rings. The van der Waals surface area contributed by atoms with E-state index in [4.69, 9.17) is 4.98 Å². The number of aryl methyl sites for hydroxylation is 1. The molecule has 2 aromatic carbocycles. The van der Waals surface area contributed by atoms with Crippen molar-refractivity contribution in [3.63, 3.8) is 0 Å². The molecule has 1 aromatic heterocycles. The van der Waals surface area contributed by atoms with Gasteiger partial charge in [0.05, 0.1) is 23.8 Å². The second-order valence-electron chi connectivity index (χ2n) is 9.57. The zero-order chi connectivity index (χ0) is 25.6. The molecule has 7 nitrogen and oxygen atoms in total. The second kappa shape index (κ2) is 8.95. The van der Waals surface area contributed by atoms with Crippen LogP contribution in [0.4, 0.5) is 20.3 Å². The number of benzene rings is 2. The molecule has 3 heterocycles. The second-order valence-corrected chi connectivity index (χ2v) is 9.57. The van der Waals surface area contributed by atoms with Crippen LogP contribution in [0, 0.1) is 29.9 Å². The van der Waals surface area contributed by atoms with E-state index in [9.17, 15) is 18.8 Å². The Labute approximate surface area is 208 Å². The van der Waals surface area contributed by atoms with E-state index < -0.39 is 17.3 Å². The lowest BCUT2D eigenvalue weighted by molar-refractivity contribution is -0.124. The Bertz CT molecular complexity index is 1390. The van der Waals surface area contributed by atoms with Gasteiger partial charge in [-0.3, -0.25) is 4.79 Å². The van der Waals surface area contributed by atoms with E-state index >= 15 is 0 Å². The molecular formula is C27H26F2N6O. The maximum Gasteiger partial charge on any atom is 0.240 e. The van der Waals surface area contributed by atoms with Gasteiger partial charge in [-0.2, -0.15) is 5.26 Å². The van der Waals surface area contributed by atoms with E-state index in [-0.39, 0.29) is 23.8 Å². The third-order valence-electron chi connectivity index (χ3n) is 7.11. The molecule has 2 aliphatic rings. The Kier molecular flexibility index (Phi) is 5.92. The summed E-state index contributed by atoms with van der Waals surface area (Å²) in [7, 11) is 1.97. The fourth-order valence-corrected chi connectivity index (χ4v) is 5.30. The van der Waals surface area contributed by atoms with Crippen molar-refractivity contribution in [2.75, 3.05) is 30.4 Å². The molecule has 36 heavy (non-hydrogen) atoms.